The van der Waals surface area contributed by atoms with Gasteiger partial charge in [-0.15, -0.1) is 0 Å². The van der Waals surface area contributed by atoms with Crippen molar-refractivity contribution in [1.82, 2.24) is 9.78 Å². The summed E-state index contributed by atoms with van der Waals surface area (Å²) >= 11 is 0. The summed E-state index contributed by atoms with van der Waals surface area (Å²) in [6.07, 6.45) is 3.14. The van der Waals surface area contributed by atoms with Gasteiger partial charge in [-0.1, -0.05) is 12.1 Å². The van der Waals surface area contributed by atoms with Gasteiger partial charge >= 0.3 is 0 Å². The van der Waals surface area contributed by atoms with E-state index >= 15 is 0 Å². The maximum Gasteiger partial charge on any atom is 0.167 e. The zero-order chi connectivity index (χ0) is 12.4. The maximum atomic E-state index is 13.7. The molecule has 17 heavy (non-hydrogen) atoms. The summed E-state index contributed by atoms with van der Waals surface area (Å²) in [6.45, 7) is 2.05. The first-order valence-corrected chi connectivity index (χ1v) is 5.28. The Balaban J connectivity index is 2.49. The van der Waals surface area contributed by atoms with E-state index in [-0.39, 0.29) is 11.1 Å². The van der Waals surface area contributed by atoms with Crippen LogP contribution in [0.5, 0.6) is 0 Å². The van der Waals surface area contributed by atoms with Crippen LogP contribution in [0.2, 0.25) is 0 Å². The summed E-state index contributed by atoms with van der Waals surface area (Å²) in [4.78, 5) is 0. The molecule has 1 aromatic heterocycles. The Bertz CT molecular complexity index is 537. The van der Waals surface area contributed by atoms with Gasteiger partial charge in [-0.3, -0.25) is 4.68 Å². The summed E-state index contributed by atoms with van der Waals surface area (Å²) in [5.41, 5.74) is 0.626. The SMILES string of the molecule is CCn1cc(-c2ccc(CO)c(F)c2F)cn1. The summed E-state index contributed by atoms with van der Waals surface area (Å²) in [5, 5.41) is 12.8. The third-order valence-electron chi connectivity index (χ3n) is 2.60. The number of aliphatic hydroxyl groups is 1. The number of halogens is 2. The molecule has 0 saturated carbocycles. The second-order valence-corrected chi connectivity index (χ2v) is 3.64. The molecule has 0 atom stereocenters. The lowest BCUT2D eigenvalue weighted by atomic mass is 10.1. The Morgan fingerprint density at radius 2 is 2.06 bits per heavy atom. The second-order valence-electron chi connectivity index (χ2n) is 3.64. The van der Waals surface area contributed by atoms with E-state index in [0.717, 1.165) is 0 Å². The van der Waals surface area contributed by atoms with E-state index < -0.39 is 18.2 Å². The fourth-order valence-electron chi connectivity index (χ4n) is 1.61. The molecule has 2 aromatic rings. The lowest BCUT2D eigenvalue weighted by Crippen LogP contribution is -1.96. The van der Waals surface area contributed by atoms with E-state index in [1.54, 1.807) is 10.9 Å². The summed E-state index contributed by atoms with van der Waals surface area (Å²) in [6, 6.07) is 2.82. The minimum absolute atomic E-state index is 0.0471. The Labute approximate surface area is 97.3 Å². The highest BCUT2D eigenvalue weighted by Crippen LogP contribution is 2.26. The summed E-state index contributed by atoms with van der Waals surface area (Å²) in [7, 11) is 0. The normalized spacial score (nSPS) is 10.8. The average Bonchev–Trinajstić information content (AvgIpc) is 2.81. The molecule has 5 heteroatoms. The molecule has 0 aliphatic carbocycles. The van der Waals surface area contributed by atoms with Crippen LogP contribution >= 0.6 is 0 Å². The van der Waals surface area contributed by atoms with Gasteiger partial charge in [0, 0.05) is 29.4 Å². The van der Waals surface area contributed by atoms with E-state index in [1.165, 1.54) is 18.3 Å². The van der Waals surface area contributed by atoms with Gasteiger partial charge in [0.2, 0.25) is 0 Å². The van der Waals surface area contributed by atoms with Gasteiger partial charge in [0.05, 0.1) is 12.8 Å². The first kappa shape index (κ1) is 11.7. The molecule has 0 bridgehead atoms. The van der Waals surface area contributed by atoms with Gasteiger partial charge < -0.3 is 5.11 Å². The van der Waals surface area contributed by atoms with Crippen LogP contribution in [0.15, 0.2) is 24.5 Å². The Morgan fingerprint density at radius 3 is 2.65 bits per heavy atom. The van der Waals surface area contributed by atoms with Crippen LogP contribution in [0.25, 0.3) is 11.1 Å². The number of rotatable bonds is 3. The van der Waals surface area contributed by atoms with E-state index in [0.29, 0.717) is 12.1 Å². The number of benzene rings is 1. The molecule has 1 heterocycles. The van der Waals surface area contributed by atoms with Crippen molar-refractivity contribution in [3.63, 3.8) is 0 Å². The lowest BCUT2D eigenvalue weighted by Gasteiger charge is -2.04. The van der Waals surface area contributed by atoms with Gasteiger partial charge in [-0.2, -0.15) is 5.10 Å². The van der Waals surface area contributed by atoms with E-state index in [2.05, 4.69) is 5.10 Å². The lowest BCUT2D eigenvalue weighted by molar-refractivity contribution is 0.273. The maximum absolute atomic E-state index is 13.7. The van der Waals surface area contributed by atoms with Crippen LogP contribution in [0, 0.1) is 11.6 Å². The number of aromatic nitrogens is 2. The van der Waals surface area contributed by atoms with Crippen LogP contribution in [-0.4, -0.2) is 14.9 Å². The monoisotopic (exact) mass is 238 g/mol. The van der Waals surface area contributed by atoms with E-state index in [9.17, 15) is 8.78 Å². The molecule has 90 valence electrons. The quantitative estimate of drug-likeness (QED) is 0.891. The third-order valence-corrected chi connectivity index (χ3v) is 2.60. The Hall–Kier alpha value is -1.75. The molecule has 0 amide bonds. The molecular formula is C12H12F2N2O. The molecular weight excluding hydrogens is 226 g/mol. The smallest absolute Gasteiger partial charge is 0.167 e. The van der Waals surface area contributed by atoms with Crippen LogP contribution < -0.4 is 0 Å². The van der Waals surface area contributed by atoms with E-state index in [4.69, 9.17) is 5.11 Å². The van der Waals surface area contributed by atoms with Crippen LogP contribution in [-0.2, 0) is 13.2 Å². The number of nitrogens with zero attached hydrogens (tertiary/aromatic N) is 2. The highest BCUT2D eigenvalue weighted by Gasteiger charge is 2.15. The molecule has 1 N–H and O–H groups in total. The average molecular weight is 238 g/mol. The second kappa shape index (κ2) is 4.63. The van der Waals surface area contributed by atoms with Crippen molar-refractivity contribution in [3.05, 3.63) is 41.7 Å². The van der Waals surface area contributed by atoms with Gasteiger partial charge in [-0.25, -0.2) is 8.78 Å². The first-order chi connectivity index (χ1) is 8.17. The first-order valence-electron chi connectivity index (χ1n) is 5.28. The molecule has 1 aromatic carbocycles. The van der Waals surface area contributed by atoms with Crippen LogP contribution in [0.3, 0.4) is 0 Å². The van der Waals surface area contributed by atoms with E-state index in [1.807, 2.05) is 6.92 Å². The van der Waals surface area contributed by atoms with Crippen molar-refractivity contribution < 1.29 is 13.9 Å². The molecule has 0 radical (unpaired) electrons. The molecule has 3 nitrogen and oxygen atoms in total. The molecule has 2 rings (SSSR count). The molecule has 0 fully saturated rings. The highest BCUT2D eigenvalue weighted by molar-refractivity contribution is 5.63. The van der Waals surface area contributed by atoms with Crippen LogP contribution in [0.4, 0.5) is 8.78 Å². The fraction of sp³-hybridized carbons (Fsp3) is 0.250. The van der Waals surface area contributed by atoms with Gasteiger partial charge in [0.25, 0.3) is 0 Å². The molecule has 0 unspecified atom stereocenters. The number of aliphatic hydroxyl groups excluding tert-OH is 1. The number of aryl methyl sites for hydroxylation is 1. The fourth-order valence-corrected chi connectivity index (χ4v) is 1.61. The highest BCUT2D eigenvalue weighted by atomic mass is 19.2. The van der Waals surface area contributed by atoms with Crippen molar-refractivity contribution in [2.24, 2.45) is 0 Å². The molecule has 0 saturated heterocycles. The van der Waals surface area contributed by atoms with Crippen molar-refractivity contribution >= 4 is 0 Å². The topological polar surface area (TPSA) is 38.0 Å². The predicted octanol–water partition coefficient (Wildman–Crippen LogP) is 2.34. The van der Waals surface area contributed by atoms with Crippen molar-refractivity contribution in [2.75, 3.05) is 0 Å². The van der Waals surface area contributed by atoms with Crippen LogP contribution in [0.1, 0.15) is 12.5 Å². The molecule has 0 aliphatic rings. The Kier molecular flexibility index (Phi) is 3.19. The minimum atomic E-state index is -1.01. The number of hydrogen-bond donors (Lipinski definition) is 1. The third kappa shape index (κ3) is 2.06. The van der Waals surface area contributed by atoms with Crippen molar-refractivity contribution in [1.29, 1.82) is 0 Å². The number of hydrogen-bond acceptors (Lipinski definition) is 2. The van der Waals surface area contributed by atoms with Gasteiger partial charge in [0.1, 0.15) is 0 Å². The standard InChI is InChI=1S/C12H12F2N2O/c1-2-16-6-9(5-15-16)10-4-3-8(7-17)11(13)12(10)14/h3-6,17H,2,7H2,1H3. The zero-order valence-corrected chi connectivity index (χ0v) is 9.32. The Morgan fingerprint density at radius 1 is 1.29 bits per heavy atom. The van der Waals surface area contributed by atoms with Gasteiger partial charge in [0.15, 0.2) is 11.6 Å². The minimum Gasteiger partial charge on any atom is -0.392 e. The molecule has 0 spiro atoms. The molecule has 0 aliphatic heterocycles. The zero-order valence-electron chi connectivity index (χ0n) is 9.32. The largest absolute Gasteiger partial charge is 0.392 e. The summed E-state index contributed by atoms with van der Waals surface area (Å²) < 4.78 is 28.8. The van der Waals surface area contributed by atoms with Crippen molar-refractivity contribution in [3.8, 4) is 11.1 Å². The van der Waals surface area contributed by atoms with Gasteiger partial charge in [-0.05, 0) is 6.92 Å². The van der Waals surface area contributed by atoms with Crippen molar-refractivity contribution in [2.45, 2.75) is 20.1 Å². The predicted molar refractivity (Wildman–Crippen MR) is 59.2 cm³/mol. The summed E-state index contributed by atoms with van der Waals surface area (Å²) in [5.74, 6) is -1.96.